The van der Waals surface area contributed by atoms with E-state index in [1.165, 1.54) is 14.0 Å². The Balaban J connectivity index is 1.82. The van der Waals surface area contributed by atoms with Crippen molar-refractivity contribution in [3.8, 4) is 0 Å². The average Bonchev–Trinajstić information content (AvgIpc) is 2.78. The Labute approximate surface area is 136 Å². The van der Waals surface area contributed by atoms with Crippen molar-refractivity contribution in [3.63, 3.8) is 0 Å². The quantitative estimate of drug-likeness (QED) is 0.548. The van der Waals surface area contributed by atoms with E-state index in [1.54, 1.807) is 4.90 Å². The van der Waals surface area contributed by atoms with Gasteiger partial charge in [0.1, 0.15) is 6.61 Å². The molecule has 0 aromatic carbocycles. The first kappa shape index (κ1) is 18.1. The van der Waals surface area contributed by atoms with Crippen LogP contribution in [0.4, 0.5) is 0 Å². The van der Waals surface area contributed by atoms with Crippen molar-refractivity contribution in [1.82, 2.24) is 15.1 Å². The van der Waals surface area contributed by atoms with E-state index in [9.17, 15) is 19.8 Å². The van der Waals surface area contributed by atoms with Gasteiger partial charge in [0.2, 0.25) is 11.8 Å². The Morgan fingerprint density at radius 3 is 2.52 bits per heavy atom. The number of piperidine rings is 1. The molecule has 0 saturated carbocycles. The predicted octanol–water partition coefficient (Wildman–Crippen LogP) is -1.83. The summed E-state index contributed by atoms with van der Waals surface area (Å²) in [6.07, 6.45) is 0.399. The molecular formula is C15H27N3O5. The highest BCUT2D eigenvalue weighted by Crippen LogP contribution is 2.25. The molecule has 2 atom stereocenters. The van der Waals surface area contributed by atoms with Crippen LogP contribution in [0.1, 0.15) is 19.8 Å². The van der Waals surface area contributed by atoms with Crippen LogP contribution in [0.25, 0.3) is 0 Å². The number of likely N-dealkylation sites (tertiary alicyclic amines) is 2. The molecule has 8 heteroatoms. The lowest BCUT2D eigenvalue weighted by Crippen LogP contribution is -2.51. The van der Waals surface area contributed by atoms with Gasteiger partial charge in [-0.3, -0.25) is 14.5 Å². The maximum absolute atomic E-state index is 11.6. The Morgan fingerprint density at radius 1 is 1.30 bits per heavy atom. The summed E-state index contributed by atoms with van der Waals surface area (Å²) in [5.74, 6) is -0.226. The highest BCUT2D eigenvalue weighted by Gasteiger charge is 2.39. The number of hydrogen-bond acceptors (Lipinski definition) is 6. The molecular weight excluding hydrogens is 302 g/mol. The zero-order valence-corrected chi connectivity index (χ0v) is 13.8. The van der Waals surface area contributed by atoms with E-state index in [-0.39, 0.29) is 24.5 Å². The van der Waals surface area contributed by atoms with Crippen molar-refractivity contribution in [1.29, 1.82) is 0 Å². The number of ether oxygens (including phenoxy) is 1. The third kappa shape index (κ3) is 4.87. The summed E-state index contributed by atoms with van der Waals surface area (Å²) >= 11 is 0. The van der Waals surface area contributed by atoms with E-state index < -0.39 is 11.7 Å². The van der Waals surface area contributed by atoms with Gasteiger partial charge in [-0.1, -0.05) is 0 Å². The molecule has 0 aliphatic carbocycles. The minimum absolute atomic E-state index is 0.0320. The minimum Gasteiger partial charge on any atom is -0.390 e. The number of methoxy groups -OCH3 is 1. The van der Waals surface area contributed by atoms with Crippen LogP contribution < -0.4 is 5.32 Å². The normalized spacial score (nSPS) is 27.9. The van der Waals surface area contributed by atoms with Gasteiger partial charge in [0.25, 0.3) is 0 Å². The lowest BCUT2D eigenvalue weighted by Gasteiger charge is -2.39. The summed E-state index contributed by atoms with van der Waals surface area (Å²) in [5.41, 5.74) is -0.850. The maximum Gasteiger partial charge on any atom is 0.246 e. The van der Waals surface area contributed by atoms with Crippen LogP contribution >= 0.6 is 0 Å². The molecule has 3 N–H and O–H groups in total. The SMILES string of the molecule is COCC(=O)N[C@@H]1CN(CC2(O)CCN(C(C)=O)CC2)C[C@H]1O. The van der Waals surface area contributed by atoms with Gasteiger partial charge >= 0.3 is 0 Å². The lowest BCUT2D eigenvalue weighted by atomic mass is 9.91. The number of amides is 2. The van der Waals surface area contributed by atoms with E-state index in [0.29, 0.717) is 45.6 Å². The molecule has 0 aromatic heterocycles. The second-order valence-electron chi connectivity index (χ2n) is 6.60. The molecule has 2 saturated heterocycles. The number of β-amino-alcohol motifs (C(OH)–C–C–N with tert-alkyl or cyclic N) is 2. The fraction of sp³-hybridized carbons (Fsp3) is 0.867. The number of nitrogens with one attached hydrogen (secondary N) is 1. The van der Waals surface area contributed by atoms with Gasteiger partial charge in [0.05, 0.1) is 17.7 Å². The number of carbonyl (C=O) groups excluding carboxylic acids is 2. The van der Waals surface area contributed by atoms with Crippen LogP contribution in [0.2, 0.25) is 0 Å². The summed E-state index contributed by atoms with van der Waals surface area (Å²) in [4.78, 5) is 26.6. The van der Waals surface area contributed by atoms with Crippen molar-refractivity contribution in [2.75, 3.05) is 46.4 Å². The minimum atomic E-state index is -0.850. The highest BCUT2D eigenvalue weighted by molar-refractivity contribution is 5.77. The number of rotatable bonds is 5. The number of aliphatic hydroxyl groups excluding tert-OH is 1. The van der Waals surface area contributed by atoms with Gasteiger partial charge in [-0.2, -0.15) is 0 Å². The molecule has 23 heavy (non-hydrogen) atoms. The Morgan fingerprint density at radius 2 is 1.96 bits per heavy atom. The Hall–Kier alpha value is -1.22. The standard InChI is InChI=1S/C15H27N3O5/c1-11(19)18-5-3-15(22,4-6-18)10-17-7-12(13(20)8-17)16-14(21)9-23-2/h12-13,20,22H,3-10H2,1-2H3,(H,16,21)/t12-,13-/m1/s1. The van der Waals surface area contributed by atoms with E-state index in [1.807, 2.05) is 4.90 Å². The maximum atomic E-state index is 11.6. The van der Waals surface area contributed by atoms with Crippen molar-refractivity contribution in [2.45, 2.75) is 37.5 Å². The molecule has 2 rings (SSSR count). The Bertz CT molecular complexity index is 437. The summed E-state index contributed by atoms with van der Waals surface area (Å²) < 4.78 is 4.76. The summed E-state index contributed by atoms with van der Waals surface area (Å²) in [6.45, 7) is 3.95. The molecule has 0 bridgehead atoms. The first-order valence-electron chi connectivity index (χ1n) is 7.99. The first-order valence-corrected chi connectivity index (χ1v) is 7.99. The summed E-state index contributed by atoms with van der Waals surface area (Å²) in [5, 5.41) is 23.5. The van der Waals surface area contributed by atoms with Crippen molar-refractivity contribution in [3.05, 3.63) is 0 Å². The molecule has 2 aliphatic rings. The van der Waals surface area contributed by atoms with Gasteiger partial charge in [0, 0.05) is 46.8 Å². The lowest BCUT2D eigenvalue weighted by molar-refractivity contribution is -0.133. The monoisotopic (exact) mass is 329 g/mol. The fourth-order valence-electron chi connectivity index (χ4n) is 3.33. The number of hydrogen-bond donors (Lipinski definition) is 3. The molecule has 0 spiro atoms. The molecule has 0 radical (unpaired) electrons. The third-order valence-corrected chi connectivity index (χ3v) is 4.64. The van der Waals surface area contributed by atoms with Crippen molar-refractivity contribution < 1.29 is 24.5 Å². The zero-order chi connectivity index (χ0) is 17.0. The van der Waals surface area contributed by atoms with Crippen LogP contribution in [-0.2, 0) is 14.3 Å². The molecule has 2 amide bonds. The smallest absolute Gasteiger partial charge is 0.246 e. The van der Waals surface area contributed by atoms with Gasteiger partial charge in [-0.05, 0) is 12.8 Å². The average molecular weight is 329 g/mol. The van der Waals surface area contributed by atoms with Gasteiger partial charge < -0.3 is 25.2 Å². The molecule has 2 heterocycles. The van der Waals surface area contributed by atoms with Gasteiger partial charge in [-0.15, -0.1) is 0 Å². The van der Waals surface area contributed by atoms with Crippen molar-refractivity contribution >= 4 is 11.8 Å². The molecule has 2 fully saturated rings. The molecule has 8 nitrogen and oxygen atoms in total. The van der Waals surface area contributed by atoms with E-state index >= 15 is 0 Å². The van der Waals surface area contributed by atoms with E-state index in [0.717, 1.165) is 0 Å². The molecule has 0 unspecified atom stereocenters. The van der Waals surface area contributed by atoms with Crippen LogP contribution in [0.3, 0.4) is 0 Å². The fourth-order valence-corrected chi connectivity index (χ4v) is 3.33. The summed E-state index contributed by atoms with van der Waals surface area (Å²) in [7, 11) is 1.44. The molecule has 132 valence electrons. The van der Waals surface area contributed by atoms with Crippen LogP contribution in [-0.4, -0.2) is 96.0 Å². The predicted molar refractivity (Wildman–Crippen MR) is 82.7 cm³/mol. The largest absolute Gasteiger partial charge is 0.390 e. The topological polar surface area (TPSA) is 102 Å². The highest BCUT2D eigenvalue weighted by atomic mass is 16.5. The van der Waals surface area contributed by atoms with Crippen molar-refractivity contribution in [2.24, 2.45) is 0 Å². The summed E-state index contributed by atoms with van der Waals surface area (Å²) in [6, 6.07) is -0.349. The Kier molecular flexibility index (Phi) is 5.96. The zero-order valence-electron chi connectivity index (χ0n) is 13.8. The van der Waals surface area contributed by atoms with E-state index in [2.05, 4.69) is 5.32 Å². The molecule has 0 aromatic rings. The van der Waals surface area contributed by atoms with Crippen LogP contribution in [0.5, 0.6) is 0 Å². The number of aliphatic hydroxyl groups is 2. The third-order valence-electron chi connectivity index (χ3n) is 4.64. The van der Waals surface area contributed by atoms with Crippen LogP contribution in [0.15, 0.2) is 0 Å². The number of nitrogens with zero attached hydrogens (tertiary/aromatic N) is 2. The van der Waals surface area contributed by atoms with Crippen LogP contribution in [0, 0.1) is 0 Å². The molecule has 2 aliphatic heterocycles. The van der Waals surface area contributed by atoms with E-state index in [4.69, 9.17) is 4.74 Å². The van der Waals surface area contributed by atoms with Gasteiger partial charge in [0.15, 0.2) is 0 Å². The first-order chi connectivity index (χ1) is 10.8. The number of carbonyl (C=O) groups is 2. The second kappa shape index (κ2) is 7.57. The van der Waals surface area contributed by atoms with Gasteiger partial charge in [-0.25, -0.2) is 0 Å². The second-order valence-corrected chi connectivity index (χ2v) is 6.60.